The Kier molecular flexibility index (Phi) is 5.52. The highest BCUT2D eigenvalue weighted by atomic mass is 32.2. The van der Waals surface area contributed by atoms with Gasteiger partial charge in [-0.3, -0.25) is 0 Å². The molecule has 0 saturated carbocycles. The molecule has 18 heavy (non-hydrogen) atoms. The van der Waals surface area contributed by atoms with E-state index in [2.05, 4.69) is 25.4 Å². The first kappa shape index (κ1) is 14.4. The van der Waals surface area contributed by atoms with Crippen LogP contribution in [0.15, 0.2) is 0 Å². The van der Waals surface area contributed by atoms with Crippen LogP contribution in [0.2, 0.25) is 0 Å². The molecule has 2 nitrogen and oxygen atoms in total. The first-order chi connectivity index (χ1) is 8.70. The third-order valence-electron chi connectivity index (χ3n) is 3.29. The van der Waals surface area contributed by atoms with Crippen molar-refractivity contribution in [2.24, 2.45) is 0 Å². The average molecular weight is 284 g/mol. The number of hydrogen-bond donors (Lipinski definition) is 1. The van der Waals surface area contributed by atoms with Crippen molar-refractivity contribution in [2.75, 3.05) is 12.0 Å². The molecule has 102 valence electrons. The predicted octanol–water partition coefficient (Wildman–Crippen LogP) is 3.81. The van der Waals surface area contributed by atoms with Crippen LogP contribution >= 0.6 is 23.1 Å². The van der Waals surface area contributed by atoms with Crippen molar-refractivity contribution in [1.82, 2.24) is 10.3 Å². The molecule has 0 saturated heterocycles. The van der Waals surface area contributed by atoms with Gasteiger partial charge in [0, 0.05) is 10.9 Å². The zero-order valence-corrected chi connectivity index (χ0v) is 13.3. The lowest BCUT2D eigenvalue weighted by Crippen LogP contribution is -2.28. The van der Waals surface area contributed by atoms with Gasteiger partial charge >= 0.3 is 0 Å². The molecule has 4 heteroatoms. The monoisotopic (exact) mass is 284 g/mol. The summed E-state index contributed by atoms with van der Waals surface area (Å²) in [6.07, 6.45) is 8.43. The molecule has 1 aliphatic carbocycles. The smallest absolute Gasteiger partial charge is 0.110 e. The molecule has 1 atom stereocenters. The zero-order valence-electron chi connectivity index (χ0n) is 11.7. The molecule has 1 aromatic heterocycles. The van der Waals surface area contributed by atoms with Crippen LogP contribution in [0.3, 0.4) is 0 Å². The fraction of sp³-hybridized carbons (Fsp3) is 0.786. The SMILES string of the molecule is CSCCCC(NC(C)C)c1nc2c(s1)CCC2. The minimum absolute atomic E-state index is 0.466. The van der Waals surface area contributed by atoms with Gasteiger partial charge in [-0.05, 0) is 44.1 Å². The van der Waals surface area contributed by atoms with E-state index in [0.717, 1.165) is 0 Å². The predicted molar refractivity (Wildman–Crippen MR) is 82.8 cm³/mol. The van der Waals surface area contributed by atoms with Crippen LogP contribution in [0.5, 0.6) is 0 Å². The third kappa shape index (κ3) is 3.72. The lowest BCUT2D eigenvalue weighted by molar-refractivity contribution is 0.447. The highest BCUT2D eigenvalue weighted by Gasteiger charge is 2.22. The standard InChI is InChI=1S/C14H24N2S2/c1-10(2)15-12(7-5-9-17-3)14-16-11-6-4-8-13(11)18-14/h10,12,15H,4-9H2,1-3H3. The lowest BCUT2D eigenvalue weighted by atomic mass is 10.1. The van der Waals surface area contributed by atoms with Gasteiger partial charge in [0.1, 0.15) is 5.01 Å². The Bertz CT molecular complexity index is 352. The van der Waals surface area contributed by atoms with Crippen molar-refractivity contribution >= 4 is 23.1 Å². The van der Waals surface area contributed by atoms with E-state index < -0.39 is 0 Å². The maximum atomic E-state index is 4.87. The summed E-state index contributed by atoms with van der Waals surface area (Å²) in [5.74, 6) is 1.25. The molecule has 2 rings (SSSR count). The summed E-state index contributed by atoms with van der Waals surface area (Å²) in [4.78, 5) is 6.42. The third-order valence-corrected chi connectivity index (χ3v) is 5.25. The Balaban J connectivity index is 2.01. The van der Waals surface area contributed by atoms with E-state index in [0.29, 0.717) is 12.1 Å². The van der Waals surface area contributed by atoms with Gasteiger partial charge in [0.25, 0.3) is 0 Å². The molecular weight excluding hydrogens is 260 g/mol. The normalized spacial score (nSPS) is 16.2. The first-order valence-electron chi connectivity index (χ1n) is 6.94. The summed E-state index contributed by atoms with van der Waals surface area (Å²) >= 11 is 3.89. The van der Waals surface area contributed by atoms with Crippen LogP contribution in [0.4, 0.5) is 0 Å². The summed E-state index contributed by atoms with van der Waals surface area (Å²) in [5.41, 5.74) is 1.38. The van der Waals surface area contributed by atoms with Gasteiger partial charge < -0.3 is 5.32 Å². The average Bonchev–Trinajstić information content (AvgIpc) is 2.87. The largest absolute Gasteiger partial charge is 0.306 e. The van der Waals surface area contributed by atoms with Crippen molar-refractivity contribution in [3.05, 3.63) is 15.6 Å². The highest BCUT2D eigenvalue weighted by molar-refractivity contribution is 7.98. The number of hydrogen-bond acceptors (Lipinski definition) is 4. The van der Waals surface area contributed by atoms with Gasteiger partial charge in [0.05, 0.1) is 11.7 Å². The molecule has 1 aromatic rings. The molecule has 0 aromatic carbocycles. The van der Waals surface area contributed by atoms with Crippen LogP contribution in [0.1, 0.15) is 54.7 Å². The van der Waals surface area contributed by atoms with Gasteiger partial charge in [0.15, 0.2) is 0 Å². The summed E-state index contributed by atoms with van der Waals surface area (Å²) < 4.78 is 0. The topological polar surface area (TPSA) is 24.9 Å². The van der Waals surface area contributed by atoms with E-state index in [-0.39, 0.29) is 0 Å². The Morgan fingerprint density at radius 1 is 1.39 bits per heavy atom. The quantitative estimate of drug-likeness (QED) is 0.771. The molecule has 0 radical (unpaired) electrons. The van der Waals surface area contributed by atoms with Gasteiger partial charge in [-0.1, -0.05) is 13.8 Å². The Morgan fingerprint density at radius 3 is 2.89 bits per heavy atom. The van der Waals surface area contributed by atoms with Crippen molar-refractivity contribution in [3.63, 3.8) is 0 Å². The Labute approximate surface area is 119 Å². The number of nitrogens with zero attached hydrogens (tertiary/aromatic N) is 1. The number of aromatic nitrogens is 1. The Hall–Kier alpha value is -0.0600. The number of thioether (sulfide) groups is 1. The van der Waals surface area contributed by atoms with Gasteiger partial charge in [-0.25, -0.2) is 4.98 Å². The Morgan fingerprint density at radius 2 is 2.22 bits per heavy atom. The minimum atomic E-state index is 0.466. The van der Waals surface area contributed by atoms with Crippen molar-refractivity contribution < 1.29 is 0 Å². The van der Waals surface area contributed by atoms with E-state index >= 15 is 0 Å². The van der Waals surface area contributed by atoms with Crippen LogP contribution in [0.25, 0.3) is 0 Å². The number of aryl methyl sites for hydroxylation is 2. The maximum absolute atomic E-state index is 4.87. The first-order valence-corrected chi connectivity index (χ1v) is 9.15. The second-order valence-corrected chi connectivity index (χ2v) is 7.39. The van der Waals surface area contributed by atoms with Crippen molar-refractivity contribution in [1.29, 1.82) is 0 Å². The number of fused-ring (bicyclic) bond motifs is 1. The fourth-order valence-electron chi connectivity index (χ4n) is 2.47. The molecule has 1 aliphatic rings. The second-order valence-electron chi connectivity index (χ2n) is 5.28. The molecule has 0 amide bonds. The number of rotatable bonds is 7. The lowest BCUT2D eigenvalue weighted by Gasteiger charge is -2.19. The van der Waals surface area contributed by atoms with Gasteiger partial charge in [0.2, 0.25) is 0 Å². The second kappa shape index (κ2) is 6.92. The van der Waals surface area contributed by atoms with Crippen LogP contribution in [0, 0.1) is 0 Å². The van der Waals surface area contributed by atoms with E-state index in [9.17, 15) is 0 Å². The molecule has 0 bridgehead atoms. The zero-order chi connectivity index (χ0) is 13.0. The molecule has 1 N–H and O–H groups in total. The summed E-state index contributed by atoms with van der Waals surface area (Å²) in [6.45, 7) is 4.45. The summed E-state index contributed by atoms with van der Waals surface area (Å²) in [7, 11) is 0. The van der Waals surface area contributed by atoms with Crippen LogP contribution in [-0.2, 0) is 12.8 Å². The molecule has 0 fully saturated rings. The number of nitrogens with one attached hydrogen (secondary N) is 1. The molecule has 1 unspecified atom stereocenters. The highest BCUT2D eigenvalue weighted by Crippen LogP contribution is 2.32. The molecule has 1 heterocycles. The fourth-order valence-corrected chi connectivity index (χ4v) is 4.18. The van der Waals surface area contributed by atoms with Crippen molar-refractivity contribution in [3.8, 4) is 0 Å². The van der Waals surface area contributed by atoms with Crippen LogP contribution in [-0.4, -0.2) is 23.0 Å². The summed E-state index contributed by atoms with van der Waals surface area (Å²) in [6, 6.07) is 0.996. The van der Waals surface area contributed by atoms with Crippen molar-refractivity contribution in [2.45, 2.75) is 58.0 Å². The van der Waals surface area contributed by atoms with Crippen LogP contribution < -0.4 is 5.32 Å². The van der Waals surface area contributed by atoms with E-state index in [4.69, 9.17) is 4.98 Å². The summed E-state index contributed by atoms with van der Waals surface area (Å²) in [5, 5.41) is 5.01. The van der Waals surface area contributed by atoms with Gasteiger partial charge in [-0.15, -0.1) is 11.3 Å². The molecule has 0 aliphatic heterocycles. The maximum Gasteiger partial charge on any atom is 0.110 e. The van der Waals surface area contributed by atoms with E-state index in [1.165, 1.54) is 48.6 Å². The molecule has 0 spiro atoms. The van der Waals surface area contributed by atoms with E-state index in [1.54, 1.807) is 4.88 Å². The van der Waals surface area contributed by atoms with Gasteiger partial charge in [-0.2, -0.15) is 11.8 Å². The number of thiazole rings is 1. The van der Waals surface area contributed by atoms with E-state index in [1.807, 2.05) is 23.1 Å². The minimum Gasteiger partial charge on any atom is -0.306 e. The molecular formula is C14H24N2S2.